The maximum Gasteiger partial charge on any atom is 0.400 e. The van der Waals surface area contributed by atoms with Gasteiger partial charge in [-0.15, -0.1) is 0 Å². The summed E-state index contributed by atoms with van der Waals surface area (Å²) in [5, 5.41) is 8.90. The van der Waals surface area contributed by atoms with Crippen molar-refractivity contribution in [2.45, 2.75) is 13.8 Å². The third kappa shape index (κ3) is 2.75. The van der Waals surface area contributed by atoms with Crippen molar-refractivity contribution >= 4 is 5.69 Å². The second-order valence-electron chi connectivity index (χ2n) is 4.24. The lowest BCUT2D eigenvalue weighted by atomic mass is 10.1. The van der Waals surface area contributed by atoms with Crippen molar-refractivity contribution in [3.8, 4) is 11.8 Å². The van der Waals surface area contributed by atoms with Gasteiger partial charge in [-0.2, -0.15) is 0 Å². The Hall–Kier alpha value is -2.58. The van der Waals surface area contributed by atoms with Gasteiger partial charge in [0.05, 0.1) is 0 Å². The molecule has 0 saturated carbocycles. The van der Waals surface area contributed by atoms with Gasteiger partial charge in [0.2, 0.25) is 5.39 Å². The maximum atomic E-state index is 8.90. The second kappa shape index (κ2) is 5.17. The molecule has 0 aromatic heterocycles. The van der Waals surface area contributed by atoms with Crippen LogP contribution in [0.4, 0.5) is 5.69 Å². The maximum absolute atomic E-state index is 8.90. The van der Waals surface area contributed by atoms with Crippen molar-refractivity contribution in [2.24, 2.45) is 0 Å². The van der Waals surface area contributed by atoms with E-state index in [1.807, 2.05) is 50.2 Å². The molecule has 0 saturated heterocycles. The van der Waals surface area contributed by atoms with Crippen LogP contribution in [-0.4, -0.2) is 0 Å². The summed E-state index contributed by atoms with van der Waals surface area (Å²) in [6.45, 7) is 4.03. The number of aryl methyl sites for hydroxylation is 2. The molecule has 0 fully saturated rings. The van der Waals surface area contributed by atoms with E-state index in [1.165, 1.54) is 5.56 Å². The zero-order chi connectivity index (χ0) is 13.0. The van der Waals surface area contributed by atoms with E-state index >= 15 is 0 Å². The largest absolute Gasteiger partial charge is 0.400 e. The highest BCUT2D eigenvalue weighted by Crippen LogP contribution is 2.19. The zero-order valence-corrected chi connectivity index (χ0v) is 10.4. The van der Waals surface area contributed by atoms with E-state index in [4.69, 9.17) is 5.39 Å². The second-order valence-corrected chi connectivity index (χ2v) is 4.24. The van der Waals surface area contributed by atoms with Gasteiger partial charge in [-0.25, -0.2) is 0 Å². The molecule has 0 atom stereocenters. The molecular formula is C16H13N2+. The molecule has 86 valence electrons. The molecule has 0 heterocycles. The first-order valence-corrected chi connectivity index (χ1v) is 5.73. The molecule has 0 aliphatic carbocycles. The fourth-order valence-electron chi connectivity index (χ4n) is 1.61. The molecule has 0 unspecified atom stereocenters. The van der Waals surface area contributed by atoms with Gasteiger partial charge in [0.15, 0.2) is 4.98 Å². The fraction of sp³-hybridized carbons (Fsp3) is 0.125. The SMILES string of the molecule is Cc1ccc(C#Cc2cc(C)ccc2[N+]#N)cc1. The van der Waals surface area contributed by atoms with Gasteiger partial charge in [-0.3, -0.25) is 0 Å². The summed E-state index contributed by atoms with van der Waals surface area (Å²) in [7, 11) is 0. The van der Waals surface area contributed by atoms with Gasteiger partial charge in [0.1, 0.15) is 5.56 Å². The van der Waals surface area contributed by atoms with E-state index in [0.29, 0.717) is 5.69 Å². The molecule has 2 aromatic rings. The van der Waals surface area contributed by atoms with Gasteiger partial charge in [0, 0.05) is 11.6 Å². The summed E-state index contributed by atoms with van der Waals surface area (Å²) in [5.41, 5.74) is 4.49. The number of benzene rings is 2. The molecule has 2 aromatic carbocycles. The van der Waals surface area contributed by atoms with Gasteiger partial charge in [-0.1, -0.05) is 35.6 Å². The molecule has 2 nitrogen and oxygen atoms in total. The quantitative estimate of drug-likeness (QED) is 0.495. The lowest BCUT2D eigenvalue weighted by Gasteiger charge is -1.92. The predicted molar refractivity (Wildman–Crippen MR) is 73.1 cm³/mol. The van der Waals surface area contributed by atoms with E-state index in [0.717, 1.165) is 16.7 Å². The molecule has 0 bridgehead atoms. The minimum absolute atomic E-state index is 0.500. The van der Waals surface area contributed by atoms with Crippen LogP contribution in [0.2, 0.25) is 0 Å². The van der Waals surface area contributed by atoms with Crippen LogP contribution in [-0.2, 0) is 0 Å². The predicted octanol–water partition coefficient (Wildman–Crippen LogP) is 4.19. The Bertz CT molecular complexity index is 665. The Morgan fingerprint density at radius 3 is 2.22 bits per heavy atom. The summed E-state index contributed by atoms with van der Waals surface area (Å²) in [5.74, 6) is 6.11. The van der Waals surface area contributed by atoms with Crippen LogP contribution in [0.15, 0.2) is 42.5 Å². The molecule has 0 aliphatic heterocycles. The summed E-state index contributed by atoms with van der Waals surface area (Å²) in [6.07, 6.45) is 0. The third-order valence-corrected chi connectivity index (χ3v) is 2.65. The first kappa shape index (κ1) is 11.9. The molecule has 0 spiro atoms. The van der Waals surface area contributed by atoms with Crippen LogP contribution in [0.3, 0.4) is 0 Å². The molecule has 18 heavy (non-hydrogen) atoms. The number of rotatable bonds is 0. The summed E-state index contributed by atoms with van der Waals surface area (Å²) in [4.78, 5) is 3.24. The van der Waals surface area contributed by atoms with E-state index in [2.05, 4.69) is 16.8 Å². The molecule has 2 rings (SSSR count). The van der Waals surface area contributed by atoms with E-state index in [-0.39, 0.29) is 0 Å². The molecule has 0 radical (unpaired) electrons. The lowest BCUT2D eigenvalue weighted by molar-refractivity contribution is 1.42. The standard InChI is InChI=1S/C16H13N2/c1-12-3-6-14(7-4-12)8-9-15-11-13(2)5-10-16(15)18-17/h3-7,10-11H,1-2H3/q+1. The number of hydrogen-bond donors (Lipinski definition) is 0. The zero-order valence-electron chi connectivity index (χ0n) is 10.4. The number of diazo groups is 1. The normalized spacial score (nSPS) is 9.17. The Morgan fingerprint density at radius 1 is 0.889 bits per heavy atom. The van der Waals surface area contributed by atoms with E-state index < -0.39 is 0 Å². The molecule has 0 aliphatic rings. The number of nitrogens with zero attached hydrogens (tertiary/aromatic N) is 2. The lowest BCUT2D eigenvalue weighted by Crippen LogP contribution is -1.79. The van der Waals surface area contributed by atoms with Crippen molar-refractivity contribution in [2.75, 3.05) is 0 Å². The van der Waals surface area contributed by atoms with Crippen molar-refractivity contribution < 1.29 is 0 Å². The summed E-state index contributed by atoms with van der Waals surface area (Å²) in [6, 6.07) is 13.6. The van der Waals surface area contributed by atoms with Crippen LogP contribution in [0.5, 0.6) is 0 Å². The van der Waals surface area contributed by atoms with Crippen molar-refractivity contribution in [3.05, 3.63) is 69.7 Å². The highest BCUT2D eigenvalue weighted by Gasteiger charge is 2.10. The Morgan fingerprint density at radius 2 is 1.56 bits per heavy atom. The van der Waals surface area contributed by atoms with Crippen LogP contribution in [0, 0.1) is 31.1 Å². The van der Waals surface area contributed by atoms with Gasteiger partial charge in [-0.05, 0) is 37.6 Å². The third-order valence-electron chi connectivity index (χ3n) is 2.65. The van der Waals surface area contributed by atoms with Crippen molar-refractivity contribution in [1.29, 1.82) is 5.39 Å². The van der Waals surface area contributed by atoms with Gasteiger partial charge >= 0.3 is 5.69 Å². The Labute approximate surface area is 107 Å². The highest BCUT2D eigenvalue weighted by atomic mass is 14.8. The molecule has 2 heteroatoms. The Balaban J connectivity index is 2.38. The van der Waals surface area contributed by atoms with Crippen molar-refractivity contribution in [1.82, 2.24) is 0 Å². The van der Waals surface area contributed by atoms with E-state index in [9.17, 15) is 0 Å². The average Bonchev–Trinajstić information content (AvgIpc) is 2.38. The van der Waals surface area contributed by atoms with Crippen LogP contribution < -0.4 is 0 Å². The van der Waals surface area contributed by atoms with Crippen LogP contribution in [0.1, 0.15) is 22.3 Å². The summed E-state index contributed by atoms with van der Waals surface area (Å²) >= 11 is 0. The molecule has 0 amide bonds. The fourth-order valence-corrected chi connectivity index (χ4v) is 1.61. The van der Waals surface area contributed by atoms with Crippen molar-refractivity contribution in [3.63, 3.8) is 0 Å². The van der Waals surface area contributed by atoms with Crippen LogP contribution in [0.25, 0.3) is 4.98 Å². The van der Waals surface area contributed by atoms with Crippen LogP contribution >= 0.6 is 0 Å². The first-order valence-electron chi connectivity index (χ1n) is 5.73. The molecular weight excluding hydrogens is 220 g/mol. The average molecular weight is 233 g/mol. The monoisotopic (exact) mass is 233 g/mol. The molecule has 0 N–H and O–H groups in total. The summed E-state index contributed by atoms with van der Waals surface area (Å²) < 4.78 is 0. The number of hydrogen-bond acceptors (Lipinski definition) is 1. The minimum Gasteiger partial charge on any atom is -0.0614 e. The Kier molecular flexibility index (Phi) is 3.41. The van der Waals surface area contributed by atoms with E-state index in [1.54, 1.807) is 6.07 Å². The topological polar surface area (TPSA) is 28.1 Å². The highest BCUT2D eigenvalue weighted by molar-refractivity contribution is 5.61. The van der Waals surface area contributed by atoms with Gasteiger partial charge in [0.25, 0.3) is 0 Å². The first-order chi connectivity index (χ1) is 8.69. The van der Waals surface area contributed by atoms with Gasteiger partial charge < -0.3 is 0 Å². The smallest absolute Gasteiger partial charge is 0.0614 e. The minimum atomic E-state index is 0.500.